The molecule has 1 heterocycles. The molecule has 1 atom stereocenters. The van der Waals surface area contributed by atoms with Gasteiger partial charge in [-0.2, -0.15) is 5.26 Å². The number of alkyl halides is 1. The van der Waals surface area contributed by atoms with E-state index < -0.39 is 11.6 Å². The maximum absolute atomic E-state index is 14.3. The Hall–Kier alpha value is -1.45. The van der Waals surface area contributed by atoms with Crippen LogP contribution in [0.5, 0.6) is 0 Å². The molecule has 0 saturated carbocycles. The van der Waals surface area contributed by atoms with Gasteiger partial charge in [0, 0.05) is 30.5 Å². The van der Waals surface area contributed by atoms with Crippen molar-refractivity contribution in [3.8, 4) is 6.07 Å². The van der Waals surface area contributed by atoms with Crippen molar-refractivity contribution in [2.45, 2.75) is 18.6 Å². The molecule has 1 unspecified atom stereocenters. The van der Waals surface area contributed by atoms with Crippen molar-refractivity contribution in [2.24, 2.45) is 0 Å². The number of benzene rings is 1. The summed E-state index contributed by atoms with van der Waals surface area (Å²) in [5.41, 5.74) is -0.386. The molecule has 4 nitrogen and oxygen atoms in total. The van der Waals surface area contributed by atoms with Crippen LogP contribution in [0.2, 0.25) is 0 Å². The summed E-state index contributed by atoms with van der Waals surface area (Å²) in [6.45, 7) is 1.05. The first-order valence-electron chi connectivity index (χ1n) is 6.17. The summed E-state index contributed by atoms with van der Waals surface area (Å²) < 4.78 is 19.6. The number of carbonyl (C=O) groups excluding carboxylic acids is 1. The van der Waals surface area contributed by atoms with Crippen LogP contribution in [-0.2, 0) is 16.1 Å². The lowest BCUT2D eigenvalue weighted by atomic mass is 10.1. The van der Waals surface area contributed by atoms with E-state index in [9.17, 15) is 9.18 Å². The van der Waals surface area contributed by atoms with Gasteiger partial charge < -0.3 is 4.74 Å². The second kappa shape index (κ2) is 5.90. The highest BCUT2D eigenvalue weighted by Gasteiger charge is 2.46. The first kappa shape index (κ1) is 14.9. The Morgan fingerprint density at radius 3 is 3.00 bits per heavy atom. The first-order chi connectivity index (χ1) is 9.48. The maximum Gasteiger partial charge on any atom is 0.345 e. The number of rotatable bonds is 3. The minimum absolute atomic E-state index is 0.0338. The normalized spacial score (nSPS) is 22.5. The zero-order valence-corrected chi connectivity index (χ0v) is 12.6. The van der Waals surface area contributed by atoms with Crippen LogP contribution in [0, 0.1) is 11.3 Å². The quantitative estimate of drug-likeness (QED) is 0.793. The predicted octanol–water partition coefficient (Wildman–Crippen LogP) is 2.41. The zero-order valence-electron chi connectivity index (χ0n) is 11.0. The van der Waals surface area contributed by atoms with E-state index in [1.54, 1.807) is 12.1 Å². The Bertz CT molecular complexity index is 573. The molecule has 0 aliphatic carbocycles. The third-order valence-electron chi connectivity index (χ3n) is 3.43. The number of hydrogen-bond acceptors (Lipinski definition) is 4. The third kappa shape index (κ3) is 3.00. The van der Waals surface area contributed by atoms with E-state index in [-0.39, 0.29) is 13.0 Å². The van der Waals surface area contributed by atoms with Gasteiger partial charge in [0.25, 0.3) is 0 Å². The van der Waals surface area contributed by atoms with Crippen molar-refractivity contribution < 1.29 is 13.9 Å². The Morgan fingerprint density at radius 1 is 1.65 bits per heavy atom. The Morgan fingerprint density at radius 2 is 2.40 bits per heavy atom. The molecule has 2 rings (SSSR count). The minimum atomic E-state index is -1.91. The fourth-order valence-corrected chi connectivity index (χ4v) is 2.82. The van der Waals surface area contributed by atoms with Gasteiger partial charge in [0.15, 0.2) is 0 Å². The summed E-state index contributed by atoms with van der Waals surface area (Å²) in [5.74, 6) is -0.807. The highest BCUT2D eigenvalue weighted by molar-refractivity contribution is 9.10. The van der Waals surface area contributed by atoms with Gasteiger partial charge in [-0.15, -0.1) is 0 Å². The summed E-state index contributed by atoms with van der Waals surface area (Å²) in [7, 11) is 1.20. The number of nitrogens with zero attached hydrogens (tertiary/aromatic N) is 2. The molecular formula is C14H14BrFN2O2. The summed E-state index contributed by atoms with van der Waals surface area (Å²) in [4.78, 5) is 13.3. The number of hydrogen-bond donors (Lipinski definition) is 0. The number of carbonyl (C=O) groups is 1. The molecule has 0 N–H and O–H groups in total. The minimum Gasteiger partial charge on any atom is -0.467 e. The van der Waals surface area contributed by atoms with E-state index in [1.165, 1.54) is 7.11 Å². The molecule has 6 heteroatoms. The van der Waals surface area contributed by atoms with Gasteiger partial charge in [0.2, 0.25) is 5.67 Å². The molecular weight excluding hydrogens is 327 g/mol. The lowest BCUT2D eigenvalue weighted by Crippen LogP contribution is -2.38. The van der Waals surface area contributed by atoms with Crippen LogP contribution >= 0.6 is 15.9 Å². The van der Waals surface area contributed by atoms with Crippen molar-refractivity contribution in [1.82, 2.24) is 4.90 Å². The predicted molar refractivity (Wildman–Crippen MR) is 74.6 cm³/mol. The van der Waals surface area contributed by atoms with Gasteiger partial charge in [-0.1, -0.05) is 22.0 Å². The van der Waals surface area contributed by atoms with E-state index in [0.717, 1.165) is 10.0 Å². The van der Waals surface area contributed by atoms with Gasteiger partial charge >= 0.3 is 5.97 Å². The molecule has 0 aromatic heterocycles. The molecule has 106 valence electrons. The Balaban J connectivity index is 2.06. The zero-order chi connectivity index (χ0) is 14.8. The van der Waals surface area contributed by atoms with Gasteiger partial charge in [0.1, 0.15) is 0 Å². The van der Waals surface area contributed by atoms with Gasteiger partial charge in [-0.3, -0.25) is 4.90 Å². The monoisotopic (exact) mass is 340 g/mol. The number of methoxy groups -OCH3 is 1. The summed E-state index contributed by atoms with van der Waals surface area (Å²) >= 11 is 3.40. The van der Waals surface area contributed by atoms with Crippen molar-refractivity contribution in [3.63, 3.8) is 0 Å². The standard InChI is InChI=1S/C14H14BrFN2O2/c1-20-13(19)14(16)4-5-18(9-14)8-11-3-2-10(7-17)6-12(11)15/h2-3,6H,4-5,8-9H2,1H3. The molecule has 1 aliphatic rings. The maximum atomic E-state index is 14.3. The summed E-state index contributed by atoms with van der Waals surface area (Å²) in [6, 6.07) is 7.34. The first-order valence-corrected chi connectivity index (χ1v) is 6.96. The average molecular weight is 341 g/mol. The molecule has 0 bridgehead atoms. The van der Waals surface area contributed by atoms with Crippen LogP contribution in [0.3, 0.4) is 0 Å². The number of halogens is 2. The highest BCUT2D eigenvalue weighted by atomic mass is 79.9. The number of esters is 1. The van der Waals surface area contributed by atoms with Gasteiger partial charge in [0.05, 0.1) is 18.7 Å². The van der Waals surface area contributed by atoms with Crippen molar-refractivity contribution in [1.29, 1.82) is 5.26 Å². The van der Waals surface area contributed by atoms with Crippen molar-refractivity contribution >= 4 is 21.9 Å². The Labute approximate surface area is 125 Å². The molecule has 1 aromatic carbocycles. The molecule has 20 heavy (non-hydrogen) atoms. The molecule has 1 fully saturated rings. The topological polar surface area (TPSA) is 53.3 Å². The second-order valence-corrected chi connectivity index (χ2v) is 5.69. The van der Waals surface area contributed by atoms with Crippen LogP contribution in [0.4, 0.5) is 4.39 Å². The highest BCUT2D eigenvalue weighted by Crippen LogP contribution is 2.29. The molecule has 0 radical (unpaired) electrons. The van der Waals surface area contributed by atoms with Gasteiger partial charge in [-0.25, -0.2) is 9.18 Å². The van der Waals surface area contributed by atoms with E-state index in [2.05, 4.69) is 26.7 Å². The van der Waals surface area contributed by atoms with Crippen LogP contribution in [0.25, 0.3) is 0 Å². The smallest absolute Gasteiger partial charge is 0.345 e. The number of likely N-dealkylation sites (tertiary alicyclic amines) is 1. The van der Waals surface area contributed by atoms with Crippen LogP contribution in [0.1, 0.15) is 17.5 Å². The van der Waals surface area contributed by atoms with Crippen LogP contribution in [-0.4, -0.2) is 36.7 Å². The van der Waals surface area contributed by atoms with E-state index in [0.29, 0.717) is 18.7 Å². The van der Waals surface area contributed by atoms with E-state index in [4.69, 9.17) is 5.26 Å². The van der Waals surface area contributed by atoms with Crippen molar-refractivity contribution in [2.75, 3.05) is 20.2 Å². The van der Waals surface area contributed by atoms with Crippen LogP contribution < -0.4 is 0 Å². The third-order valence-corrected chi connectivity index (χ3v) is 4.16. The number of ether oxygens (including phenoxy) is 1. The van der Waals surface area contributed by atoms with E-state index >= 15 is 0 Å². The SMILES string of the molecule is COC(=O)C1(F)CCN(Cc2ccc(C#N)cc2Br)C1. The molecule has 1 aliphatic heterocycles. The van der Waals surface area contributed by atoms with Crippen molar-refractivity contribution in [3.05, 3.63) is 33.8 Å². The van der Waals surface area contributed by atoms with Gasteiger partial charge in [-0.05, 0) is 17.7 Å². The lowest BCUT2D eigenvalue weighted by Gasteiger charge is -2.19. The largest absolute Gasteiger partial charge is 0.467 e. The molecule has 0 spiro atoms. The number of nitriles is 1. The van der Waals surface area contributed by atoms with Crippen LogP contribution in [0.15, 0.2) is 22.7 Å². The Kier molecular flexibility index (Phi) is 4.41. The summed E-state index contributed by atoms with van der Waals surface area (Å²) in [6.07, 6.45) is 0.146. The molecule has 1 aromatic rings. The fraction of sp³-hybridized carbons (Fsp3) is 0.429. The second-order valence-electron chi connectivity index (χ2n) is 4.84. The fourth-order valence-electron chi connectivity index (χ4n) is 2.32. The lowest BCUT2D eigenvalue weighted by molar-refractivity contribution is -0.153. The molecule has 1 saturated heterocycles. The van der Waals surface area contributed by atoms with E-state index in [1.807, 2.05) is 11.0 Å². The average Bonchev–Trinajstić information content (AvgIpc) is 2.83. The molecule has 0 amide bonds. The summed E-state index contributed by atoms with van der Waals surface area (Å²) in [5, 5.41) is 8.81.